The predicted molar refractivity (Wildman–Crippen MR) is 62.8 cm³/mol. The molecule has 0 amide bonds. The van der Waals surface area contributed by atoms with Gasteiger partial charge < -0.3 is 14.3 Å². The van der Waals surface area contributed by atoms with Gasteiger partial charge in [-0.3, -0.25) is 0 Å². The van der Waals surface area contributed by atoms with E-state index >= 15 is 0 Å². The maximum Gasteiger partial charge on any atom is 0.107 e. The second kappa shape index (κ2) is 3.93. The highest BCUT2D eigenvalue weighted by atomic mass is 16.3. The minimum atomic E-state index is 0.834. The van der Waals surface area contributed by atoms with Crippen molar-refractivity contribution in [2.75, 3.05) is 6.54 Å². The fourth-order valence-corrected chi connectivity index (χ4v) is 2.06. The zero-order valence-electron chi connectivity index (χ0n) is 9.02. The topological polar surface area (TPSA) is 30.1 Å². The maximum atomic E-state index is 5.31. The number of rotatable bonds is 2. The van der Waals surface area contributed by atoms with Gasteiger partial charge in [0.2, 0.25) is 0 Å². The molecule has 1 aliphatic heterocycles. The summed E-state index contributed by atoms with van der Waals surface area (Å²) in [6, 6.07) is 8.15. The van der Waals surface area contributed by atoms with Crippen LogP contribution in [0, 0.1) is 0 Å². The Kier molecular flexibility index (Phi) is 2.29. The molecule has 0 aromatic carbocycles. The number of aromatic nitrogens is 1. The van der Waals surface area contributed by atoms with Gasteiger partial charge in [0.15, 0.2) is 0 Å². The van der Waals surface area contributed by atoms with Crippen LogP contribution in [0.15, 0.2) is 47.2 Å². The van der Waals surface area contributed by atoms with E-state index in [2.05, 4.69) is 34.3 Å². The van der Waals surface area contributed by atoms with Gasteiger partial charge in [-0.15, -0.1) is 0 Å². The summed E-state index contributed by atoms with van der Waals surface area (Å²) in [6.07, 6.45) is 6.85. The SMILES string of the molecule is C(Cc1ccco1)=C1NCCn2cccc21. The van der Waals surface area contributed by atoms with E-state index in [4.69, 9.17) is 4.42 Å². The van der Waals surface area contributed by atoms with Crippen LogP contribution in [0.1, 0.15) is 11.5 Å². The monoisotopic (exact) mass is 214 g/mol. The molecule has 0 fully saturated rings. The average Bonchev–Trinajstić information content (AvgIpc) is 2.97. The molecule has 0 saturated heterocycles. The second-order valence-electron chi connectivity index (χ2n) is 3.91. The van der Waals surface area contributed by atoms with Gasteiger partial charge in [0.05, 0.1) is 17.7 Å². The van der Waals surface area contributed by atoms with Crippen LogP contribution in [0.4, 0.5) is 0 Å². The molecule has 2 aromatic heterocycles. The first kappa shape index (κ1) is 9.33. The van der Waals surface area contributed by atoms with Crippen molar-refractivity contribution in [2.45, 2.75) is 13.0 Å². The Morgan fingerprint density at radius 1 is 1.38 bits per heavy atom. The van der Waals surface area contributed by atoms with E-state index in [0.29, 0.717) is 0 Å². The normalized spacial score (nSPS) is 17.1. The van der Waals surface area contributed by atoms with Crippen molar-refractivity contribution in [1.29, 1.82) is 0 Å². The highest BCUT2D eigenvalue weighted by Gasteiger charge is 2.11. The molecule has 0 saturated carbocycles. The Bertz CT molecular complexity index is 494. The molecule has 82 valence electrons. The van der Waals surface area contributed by atoms with Gasteiger partial charge in [-0.1, -0.05) is 6.08 Å². The van der Waals surface area contributed by atoms with Gasteiger partial charge in [0, 0.05) is 25.7 Å². The second-order valence-corrected chi connectivity index (χ2v) is 3.91. The lowest BCUT2D eigenvalue weighted by molar-refractivity contribution is 0.522. The van der Waals surface area contributed by atoms with Gasteiger partial charge in [-0.25, -0.2) is 0 Å². The molecule has 0 radical (unpaired) electrons. The third kappa shape index (κ3) is 1.65. The number of hydrogen-bond donors (Lipinski definition) is 1. The zero-order valence-corrected chi connectivity index (χ0v) is 9.02. The molecule has 2 aromatic rings. The van der Waals surface area contributed by atoms with Crippen LogP contribution in [-0.2, 0) is 13.0 Å². The van der Waals surface area contributed by atoms with Crippen molar-refractivity contribution in [3.05, 3.63) is 54.3 Å². The Hall–Kier alpha value is -1.90. The molecule has 1 aliphatic rings. The Morgan fingerprint density at radius 3 is 3.25 bits per heavy atom. The zero-order chi connectivity index (χ0) is 10.8. The van der Waals surface area contributed by atoms with E-state index in [1.165, 1.54) is 11.4 Å². The van der Waals surface area contributed by atoms with Gasteiger partial charge in [-0.2, -0.15) is 0 Å². The lowest BCUT2D eigenvalue weighted by Crippen LogP contribution is -2.26. The molecule has 0 unspecified atom stereocenters. The van der Waals surface area contributed by atoms with Crippen LogP contribution in [0.5, 0.6) is 0 Å². The number of furan rings is 1. The molecule has 0 atom stereocenters. The number of nitrogens with one attached hydrogen (secondary N) is 1. The summed E-state index contributed by atoms with van der Waals surface area (Å²) >= 11 is 0. The van der Waals surface area contributed by atoms with E-state index in [0.717, 1.165) is 25.3 Å². The minimum Gasteiger partial charge on any atom is -0.469 e. The van der Waals surface area contributed by atoms with Crippen LogP contribution >= 0.6 is 0 Å². The van der Waals surface area contributed by atoms with E-state index in [1.54, 1.807) is 6.26 Å². The molecule has 3 heteroatoms. The van der Waals surface area contributed by atoms with Crippen molar-refractivity contribution >= 4 is 5.70 Å². The molecular formula is C13H14N2O. The first-order valence-corrected chi connectivity index (χ1v) is 5.55. The first-order valence-electron chi connectivity index (χ1n) is 5.55. The summed E-state index contributed by atoms with van der Waals surface area (Å²) in [7, 11) is 0. The highest BCUT2D eigenvalue weighted by Crippen LogP contribution is 2.17. The number of hydrogen-bond acceptors (Lipinski definition) is 2. The number of fused-ring (bicyclic) bond motifs is 1. The summed E-state index contributed by atoms with van der Waals surface area (Å²) in [5.74, 6) is 0.998. The maximum absolute atomic E-state index is 5.31. The molecular weight excluding hydrogens is 200 g/mol. The van der Waals surface area contributed by atoms with Crippen molar-refractivity contribution < 1.29 is 4.42 Å². The third-order valence-corrected chi connectivity index (χ3v) is 2.86. The largest absolute Gasteiger partial charge is 0.469 e. The molecule has 3 nitrogen and oxygen atoms in total. The Labute approximate surface area is 94.4 Å². The molecule has 0 aliphatic carbocycles. The van der Waals surface area contributed by atoms with Crippen LogP contribution < -0.4 is 5.32 Å². The summed E-state index contributed by atoms with van der Waals surface area (Å²) < 4.78 is 7.58. The van der Waals surface area contributed by atoms with E-state index in [9.17, 15) is 0 Å². The van der Waals surface area contributed by atoms with Crippen LogP contribution in [-0.4, -0.2) is 11.1 Å². The molecule has 3 heterocycles. The van der Waals surface area contributed by atoms with Crippen LogP contribution in [0.2, 0.25) is 0 Å². The van der Waals surface area contributed by atoms with Crippen molar-refractivity contribution in [1.82, 2.24) is 9.88 Å². The molecule has 0 bridgehead atoms. The standard InChI is InChI=1S/C13H14N2O/c1-4-13-12(14-7-9-15(13)8-1)6-5-11-3-2-10-16-11/h1-4,6,8,10,14H,5,7,9H2. The average molecular weight is 214 g/mol. The van der Waals surface area contributed by atoms with Crippen molar-refractivity contribution in [3.8, 4) is 0 Å². The molecule has 0 spiro atoms. The Balaban J connectivity index is 1.84. The van der Waals surface area contributed by atoms with Gasteiger partial charge >= 0.3 is 0 Å². The van der Waals surface area contributed by atoms with E-state index < -0.39 is 0 Å². The first-order chi connectivity index (χ1) is 7.93. The summed E-state index contributed by atoms with van der Waals surface area (Å²) in [5.41, 5.74) is 2.46. The quantitative estimate of drug-likeness (QED) is 0.831. The molecule has 3 rings (SSSR count). The number of nitrogens with zero attached hydrogens (tertiary/aromatic N) is 1. The van der Waals surface area contributed by atoms with Gasteiger partial charge in [0.1, 0.15) is 5.76 Å². The van der Waals surface area contributed by atoms with Gasteiger partial charge in [0.25, 0.3) is 0 Å². The lowest BCUT2D eigenvalue weighted by atomic mass is 10.2. The van der Waals surface area contributed by atoms with Crippen LogP contribution in [0.25, 0.3) is 5.70 Å². The van der Waals surface area contributed by atoms with Crippen molar-refractivity contribution in [3.63, 3.8) is 0 Å². The fourth-order valence-electron chi connectivity index (χ4n) is 2.06. The minimum absolute atomic E-state index is 0.834. The highest BCUT2D eigenvalue weighted by molar-refractivity contribution is 5.62. The molecule has 1 N–H and O–H groups in total. The lowest BCUT2D eigenvalue weighted by Gasteiger charge is -2.20. The van der Waals surface area contributed by atoms with Crippen LogP contribution in [0.3, 0.4) is 0 Å². The smallest absolute Gasteiger partial charge is 0.107 e. The Morgan fingerprint density at radius 2 is 2.38 bits per heavy atom. The number of allylic oxidation sites excluding steroid dienone is 1. The summed E-state index contributed by atoms with van der Waals surface area (Å²) in [5, 5.41) is 3.42. The fraction of sp³-hybridized carbons (Fsp3) is 0.231. The van der Waals surface area contributed by atoms with Crippen molar-refractivity contribution in [2.24, 2.45) is 0 Å². The third-order valence-electron chi connectivity index (χ3n) is 2.86. The van der Waals surface area contributed by atoms with Gasteiger partial charge in [-0.05, 0) is 24.3 Å². The molecule has 16 heavy (non-hydrogen) atoms. The van der Waals surface area contributed by atoms with E-state index in [-0.39, 0.29) is 0 Å². The van der Waals surface area contributed by atoms with E-state index in [1.807, 2.05) is 12.1 Å². The summed E-state index contributed by atoms with van der Waals surface area (Å²) in [6.45, 7) is 2.03. The summed E-state index contributed by atoms with van der Waals surface area (Å²) in [4.78, 5) is 0. The predicted octanol–water partition coefficient (Wildman–Crippen LogP) is 2.27.